The Labute approximate surface area is 121 Å². The summed E-state index contributed by atoms with van der Waals surface area (Å²) in [6, 6.07) is 10.4. The van der Waals surface area contributed by atoms with Crippen LogP contribution < -0.4 is 4.74 Å². The fraction of sp³-hybridized carbons (Fsp3) is 0.188. The van der Waals surface area contributed by atoms with Crippen molar-refractivity contribution in [2.24, 2.45) is 0 Å². The molecule has 0 saturated carbocycles. The Bertz CT molecular complexity index is 649. The van der Waals surface area contributed by atoms with Crippen molar-refractivity contribution in [3.05, 3.63) is 63.9 Å². The molecule has 1 heterocycles. The van der Waals surface area contributed by atoms with Gasteiger partial charge in [-0.05, 0) is 51.7 Å². The van der Waals surface area contributed by atoms with Crippen LogP contribution in [0.4, 0.5) is 0 Å². The maximum absolute atomic E-state index is 5.27. The Morgan fingerprint density at radius 1 is 1.32 bits per heavy atom. The zero-order valence-corrected chi connectivity index (χ0v) is 12.3. The molecular weight excluding hydrogens is 302 g/mol. The number of pyridine rings is 1. The molecule has 0 N–H and O–H groups in total. The van der Waals surface area contributed by atoms with Gasteiger partial charge in [-0.3, -0.25) is 4.98 Å². The van der Waals surface area contributed by atoms with Crippen molar-refractivity contribution >= 4 is 21.5 Å². The molecule has 0 unspecified atom stereocenters. The van der Waals surface area contributed by atoms with Gasteiger partial charge in [0.05, 0.1) is 12.8 Å². The molecule has 0 bridgehead atoms. The van der Waals surface area contributed by atoms with Gasteiger partial charge < -0.3 is 4.74 Å². The first kappa shape index (κ1) is 12.4. The Morgan fingerprint density at radius 2 is 2.21 bits per heavy atom. The van der Waals surface area contributed by atoms with E-state index in [4.69, 9.17) is 4.74 Å². The second-order valence-electron chi connectivity index (χ2n) is 4.61. The van der Waals surface area contributed by atoms with Crippen molar-refractivity contribution in [3.8, 4) is 5.75 Å². The summed E-state index contributed by atoms with van der Waals surface area (Å²) < 4.78 is 6.30. The Balaban J connectivity index is 1.88. The number of halogens is 1. The van der Waals surface area contributed by atoms with E-state index >= 15 is 0 Å². The molecule has 3 heteroatoms. The van der Waals surface area contributed by atoms with Gasteiger partial charge in [0, 0.05) is 22.7 Å². The highest BCUT2D eigenvalue weighted by molar-refractivity contribution is 9.10. The summed E-state index contributed by atoms with van der Waals surface area (Å²) in [5.74, 6) is 0.906. The third-order valence-electron chi connectivity index (χ3n) is 3.35. The molecule has 0 radical (unpaired) electrons. The number of nitrogens with zero attached hydrogens (tertiary/aromatic N) is 1. The molecule has 0 atom stereocenters. The Morgan fingerprint density at radius 3 is 3.05 bits per heavy atom. The molecule has 1 aliphatic carbocycles. The lowest BCUT2D eigenvalue weighted by Gasteiger charge is -2.07. The average Bonchev–Trinajstić information content (AvgIpc) is 2.81. The molecule has 0 fully saturated rings. The van der Waals surface area contributed by atoms with Crippen LogP contribution in [0, 0.1) is 0 Å². The van der Waals surface area contributed by atoms with Gasteiger partial charge in [-0.2, -0.15) is 0 Å². The summed E-state index contributed by atoms with van der Waals surface area (Å²) in [5.41, 5.74) is 5.04. The van der Waals surface area contributed by atoms with Crippen LogP contribution in [0.15, 0.2) is 47.1 Å². The standard InChI is InChI=1S/C16H14BrNO/c1-19-14-4-2-3-11(8-14)7-12-5-6-16-15(12)9-13(17)10-18-16/h2-5,8-10H,6-7H2,1H3. The summed E-state index contributed by atoms with van der Waals surface area (Å²) in [6.07, 6.45) is 5.98. The lowest BCUT2D eigenvalue weighted by molar-refractivity contribution is 0.414. The molecule has 0 spiro atoms. The zero-order chi connectivity index (χ0) is 13.2. The molecule has 1 aromatic carbocycles. The van der Waals surface area contributed by atoms with Gasteiger partial charge in [0.2, 0.25) is 0 Å². The molecule has 19 heavy (non-hydrogen) atoms. The highest BCUT2D eigenvalue weighted by Gasteiger charge is 2.16. The molecule has 0 aliphatic heterocycles. The predicted molar refractivity (Wildman–Crippen MR) is 80.3 cm³/mol. The van der Waals surface area contributed by atoms with Crippen LogP contribution in [-0.2, 0) is 12.8 Å². The number of methoxy groups -OCH3 is 1. The second kappa shape index (κ2) is 5.17. The summed E-state index contributed by atoms with van der Waals surface area (Å²) >= 11 is 3.49. The third kappa shape index (κ3) is 2.56. The van der Waals surface area contributed by atoms with Crippen LogP contribution in [-0.4, -0.2) is 12.1 Å². The van der Waals surface area contributed by atoms with E-state index in [1.54, 1.807) is 7.11 Å². The monoisotopic (exact) mass is 315 g/mol. The smallest absolute Gasteiger partial charge is 0.119 e. The van der Waals surface area contributed by atoms with Gasteiger partial charge in [0.25, 0.3) is 0 Å². The minimum Gasteiger partial charge on any atom is -0.497 e. The lowest BCUT2D eigenvalue weighted by Crippen LogP contribution is -1.93. The van der Waals surface area contributed by atoms with E-state index in [-0.39, 0.29) is 0 Å². The fourth-order valence-electron chi connectivity index (χ4n) is 2.41. The number of hydrogen-bond acceptors (Lipinski definition) is 2. The number of hydrogen-bond donors (Lipinski definition) is 0. The fourth-order valence-corrected chi connectivity index (χ4v) is 2.74. The van der Waals surface area contributed by atoms with E-state index in [1.807, 2.05) is 18.3 Å². The number of fused-ring (bicyclic) bond motifs is 1. The van der Waals surface area contributed by atoms with Crippen LogP contribution in [0.25, 0.3) is 5.57 Å². The third-order valence-corrected chi connectivity index (χ3v) is 3.79. The summed E-state index contributed by atoms with van der Waals surface area (Å²) in [4.78, 5) is 4.46. The molecule has 0 saturated heterocycles. The van der Waals surface area contributed by atoms with Crippen molar-refractivity contribution in [1.82, 2.24) is 4.98 Å². The maximum atomic E-state index is 5.27. The Kier molecular flexibility index (Phi) is 3.38. The first-order valence-corrected chi connectivity index (χ1v) is 7.02. The van der Waals surface area contributed by atoms with Crippen molar-refractivity contribution in [1.29, 1.82) is 0 Å². The molecule has 1 aromatic heterocycles. The van der Waals surface area contributed by atoms with Crippen molar-refractivity contribution in [3.63, 3.8) is 0 Å². The summed E-state index contributed by atoms with van der Waals surface area (Å²) in [6.45, 7) is 0. The predicted octanol–water partition coefficient (Wildman–Crippen LogP) is 4.03. The molecule has 96 valence electrons. The van der Waals surface area contributed by atoms with Crippen LogP contribution >= 0.6 is 15.9 Å². The number of ether oxygens (including phenoxy) is 1. The van der Waals surface area contributed by atoms with E-state index in [1.165, 1.54) is 22.4 Å². The largest absolute Gasteiger partial charge is 0.497 e. The van der Waals surface area contributed by atoms with Crippen molar-refractivity contribution in [2.45, 2.75) is 12.8 Å². The molecule has 2 nitrogen and oxygen atoms in total. The van der Waals surface area contributed by atoms with Crippen LogP contribution in [0.5, 0.6) is 5.75 Å². The summed E-state index contributed by atoms with van der Waals surface area (Å²) in [7, 11) is 1.70. The van der Waals surface area contributed by atoms with E-state index in [2.05, 4.69) is 45.2 Å². The second-order valence-corrected chi connectivity index (χ2v) is 5.53. The van der Waals surface area contributed by atoms with Crippen molar-refractivity contribution in [2.75, 3.05) is 7.11 Å². The maximum Gasteiger partial charge on any atom is 0.119 e. The Hall–Kier alpha value is -1.61. The van der Waals surface area contributed by atoms with Crippen LogP contribution in [0.3, 0.4) is 0 Å². The van der Waals surface area contributed by atoms with Crippen LogP contribution in [0.2, 0.25) is 0 Å². The first-order chi connectivity index (χ1) is 9.26. The van der Waals surface area contributed by atoms with Gasteiger partial charge in [-0.25, -0.2) is 0 Å². The zero-order valence-electron chi connectivity index (χ0n) is 10.7. The highest BCUT2D eigenvalue weighted by atomic mass is 79.9. The number of benzene rings is 1. The van der Waals surface area contributed by atoms with Gasteiger partial charge in [-0.1, -0.05) is 18.2 Å². The average molecular weight is 316 g/mol. The van der Waals surface area contributed by atoms with E-state index in [9.17, 15) is 0 Å². The quantitative estimate of drug-likeness (QED) is 0.853. The van der Waals surface area contributed by atoms with Crippen LogP contribution in [0.1, 0.15) is 16.8 Å². The molecule has 0 amide bonds. The molecular formula is C16H14BrNO. The number of allylic oxidation sites excluding steroid dienone is 2. The van der Waals surface area contributed by atoms with E-state index in [0.717, 1.165) is 23.1 Å². The van der Waals surface area contributed by atoms with Crippen molar-refractivity contribution < 1.29 is 4.74 Å². The molecule has 1 aliphatic rings. The normalized spacial score (nSPS) is 13.1. The highest BCUT2D eigenvalue weighted by Crippen LogP contribution is 2.31. The minimum absolute atomic E-state index is 0.906. The topological polar surface area (TPSA) is 22.1 Å². The van der Waals surface area contributed by atoms with Gasteiger partial charge in [0.15, 0.2) is 0 Å². The van der Waals surface area contributed by atoms with Gasteiger partial charge in [-0.15, -0.1) is 0 Å². The van der Waals surface area contributed by atoms with E-state index < -0.39 is 0 Å². The first-order valence-electron chi connectivity index (χ1n) is 6.23. The van der Waals surface area contributed by atoms with E-state index in [0.29, 0.717) is 0 Å². The molecule has 3 rings (SSSR count). The van der Waals surface area contributed by atoms with Gasteiger partial charge in [0.1, 0.15) is 5.75 Å². The minimum atomic E-state index is 0.906. The number of rotatable bonds is 3. The van der Waals surface area contributed by atoms with Gasteiger partial charge >= 0.3 is 0 Å². The molecule has 2 aromatic rings. The SMILES string of the molecule is COc1cccc(CC2=CCc3ncc(Br)cc32)c1. The lowest BCUT2D eigenvalue weighted by atomic mass is 10.0. The number of aromatic nitrogens is 1. The summed E-state index contributed by atoms with van der Waals surface area (Å²) in [5, 5.41) is 0.